The van der Waals surface area contributed by atoms with Crippen LogP contribution >= 0.6 is 0 Å². The van der Waals surface area contributed by atoms with Crippen molar-refractivity contribution in [1.82, 2.24) is 10.6 Å². The summed E-state index contributed by atoms with van der Waals surface area (Å²) in [6.45, 7) is 6.84. The average molecular weight is 256 g/mol. The standard InChI is InChI=1S/C14H28N2O2/c1-4-16-13(2,3)12(17)15-11-14(18)9-7-5-6-8-10-14/h16,18H,4-11H2,1-3H3,(H,15,17). The lowest BCUT2D eigenvalue weighted by Crippen LogP contribution is -2.55. The molecule has 0 atom stereocenters. The molecule has 0 aromatic heterocycles. The summed E-state index contributed by atoms with van der Waals surface area (Å²) < 4.78 is 0. The molecule has 0 bridgehead atoms. The Bertz CT molecular complexity index is 269. The lowest BCUT2D eigenvalue weighted by atomic mass is 9.94. The number of rotatable bonds is 5. The number of carbonyl (C=O) groups is 1. The maximum absolute atomic E-state index is 12.0. The summed E-state index contributed by atoms with van der Waals surface area (Å²) in [7, 11) is 0. The van der Waals surface area contributed by atoms with Crippen molar-refractivity contribution in [3.05, 3.63) is 0 Å². The number of hydrogen-bond donors (Lipinski definition) is 3. The van der Waals surface area contributed by atoms with Gasteiger partial charge >= 0.3 is 0 Å². The number of nitrogens with one attached hydrogen (secondary N) is 2. The van der Waals surface area contributed by atoms with Gasteiger partial charge in [0.05, 0.1) is 11.1 Å². The maximum atomic E-state index is 12.0. The summed E-state index contributed by atoms with van der Waals surface area (Å²) in [6.07, 6.45) is 6.11. The van der Waals surface area contributed by atoms with Gasteiger partial charge in [-0.25, -0.2) is 0 Å². The predicted molar refractivity (Wildman–Crippen MR) is 73.4 cm³/mol. The number of aliphatic hydroxyl groups is 1. The van der Waals surface area contributed by atoms with Crippen LogP contribution in [0.4, 0.5) is 0 Å². The molecule has 4 nitrogen and oxygen atoms in total. The highest BCUT2D eigenvalue weighted by atomic mass is 16.3. The van der Waals surface area contributed by atoms with Crippen LogP contribution in [0, 0.1) is 0 Å². The molecule has 0 aliphatic heterocycles. The van der Waals surface area contributed by atoms with Gasteiger partial charge in [-0.3, -0.25) is 4.79 Å². The Hall–Kier alpha value is -0.610. The van der Waals surface area contributed by atoms with E-state index in [0.717, 1.165) is 32.2 Å². The SMILES string of the molecule is CCNC(C)(C)C(=O)NCC1(O)CCCCCC1. The molecule has 0 unspecified atom stereocenters. The van der Waals surface area contributed by atoms with Crippen LogP contribution in [0.25, 0.3) is 0 Å². The topological polar surface area (TPSA) is 61.4 Å². The fourth-order valence-electron chi connectivity index (χ4n) is 2.55. The Morgan fingerprint density at radius 1 is 1.22 bits per heavy atom. The number of hydrogen-bond acceptors (Lipinski definition) is 3. The van der Waals surface area contributed by atoms with Gasteiger partial charge in [0, 0.05) is 6.54 Å². The fraction of sp³-hybridized carbons (Fsp3) is 0.929. The molecule has 4 heteroatoms. The highest BCUT2D eigenvalue weighted by Gasteiger charge is 2.31. The third-order valence-electron chi connectivity index (χ3n) is 3.80. The van der Waals surface area contributed by atoms with Crippen molar-refractivity contribution < 1.29 is 9.90 Å². The minimum absolute atomic E-state index is 0.0398. The normalized spacial score (nSPS) is 20.2. The maximum Gasteiger partial charge on any atom is 0.239 e. The summed E-state index contributed by atoms with van der Waals surface area (Å²) in [5.74, 6) is -0.0398. The molecule has 1 aliphatic rings. The Balaban J connectivity index is 2.45. The molecular formula is C14H28N2O2. The molecule has 1 rings (SSSR count). The van der Waals surface area contributed by atoms with E-state index < -0.39 is 11.1 Å². The minimum atomic E-state index is -0.700. The predicted octanol–water partition coefficient (Wildman–Crippen LogP) is 1.58. The van der Waals surface area contributed by atoms with E-state index in [1.54, 1.807) is 0 Å². The van der Waals surface area contributed by atoms with Gasteiger partial charge in [-0.05, 0) is 33.2 Å². The van der Waals surface area contributed by atoms with Gasteiger partial charge in [-0.1, -0.05) is 32.6 Å². The summed E-state index contributed by atoms with van der Waals surface area (Å²) in [5.41, 5.74) is -1.27. The molecular weight excluding hydrogens is 228 g/mol. The first-order valence-electron chi connectivity index (χ1n) is 7.15. The monoisotopic (exact) mass is 256 g/mol. The summed E-state index contributed by atoms with van der Waals surface area (Å²) >= 11 is 0. The lowest BCUT2D eigenvalue weighted by Gasteiger charge is -2.30. The molecule has 1 saturated carbocycles. The van der Waals surface area contributed by atoms with Gasteiger partial charge in [-0.2, -0.15) is 0 Å². The van der Waals surface area contributed by atoms with Gasteiger partial charge < -0.3 is 15.7 Å². The minimum Gasteiger partial charge on any atom is -0.388 e. The average Bonchev–Trinajstić information content (AvgIpc) is 2.51. The zero-order chi connectivity index (χ0) is 13.6. The smallest absolute Gasteiger partial charge is 0.239 e. The molecule has 0 spiro atoms. The van der Waals surface area contributed by atoms with Crippen molar-refractivity contribution in [3.63, 3.8) is 0 Å². The second kappa shape index (κ2) is 6.53. The van der Waals surface area contributed by atoms with Crippen LogP contribution in [0.3, 0.4) is 0 Å². The Morgan fingerprint density at radius 3 is 2.28 bits per heavy atom. The van der Waals surface area contributed by atoms with Crippen LogP contribution in [0.15, 0.2) is 0 Å². The van der Waals surface area contributed by atoms with Crippen molar-refractivity contribution in [1.29, 1.82) is 0 Å². The second-order valence-corrected chi connectivity index (χ2v) is 5.98. The summed E-state index contributed by atoms with van der Waals surface area (Å²) in [5, 5.41) is 16.5. The molecule has 3 N–H and O–H groups in total. The quantitative estimate of drug-likeness (QED) is 0.654. The highest BCUT2D eigenvalue weighted by Crippen LogP contribution is 2.26. The Kier molecular flexibility index (Phi) is 5.60. The number of amides is 1. The van der Waals surface area contributed by atoms with E-state index in [4.69, 9.17) is 0 Å². The molecule has 106 valence electrons. The van der Waals surface area contributed by atoms with E-state index in [1.165, 1.54) is 12.8 Å². The van der Waals surface area contributed by atoms with E-state index in [9.17, 15) is 9.90 Å². The molecule has 1 fully saturated rings. The molecule has 0 heterocycles. The van der Waals surface area contributed by atoms with Crippen molar-refractivity contribution in [3.8, 4) is 0 Å². The zero-order valence-corrected chi connectivity index (χ0v) is 12.0. The van der Waals surface area contributed by atoms with E-state index in [0.29, 0.717) is 6.54 Å². The first-order chi connectivity index (χ1) is 8.40. The number of carbonyl (C=O) groups excluding carboxylic acids is 1. The third kappa shape index (κ3) is 4.58. The Morgan fingerprint density at radius 2 is 1.78 bits per heavy atom. The number of likely N-dealkylation sites (N-methyl/N-ethyl adjacent to an activating group) is 1. The fourth-order valence-corrected chi connectivity index (χ4v) is 2.55. The first-order valence-corrected chi connectivity index (χ1v) is 7.15. The summed E-state index contributed by atoms with van der Waals surface area (Å²) in [6, 6.07) is 0. The molecule has 1 aliphatic carbocycles. The van der Waals surface area contributed by atoms with E-state index >= 15 is 0 Å². The molecule has 0 aromatic rings. The van der Waals surface area contributed by atoms with Crippen LogP contribution in [0.2, 0.25) is 0 Å². The van der Waals surface area contributed by atoms with Crippen molar-refractivity contribution >= 4 is 5.91 Å². The highest BCUT2D eigenvalue weighted by molar-refractivity contribution is 5.85. The van der Waals surface area contributed by atoms with Crippen LogP contribution in [-0.2, 0) is 4.79 Å². The van der Waals surface area contributed by atoms with Gasteiger partial charge in [0.25, 0.3) is 0 Å². The molecule has 0 radical (unpaired) electrons. The second-order valence-electron chi connectivity index (χ2n) is 5.98. The van der Waals surface area contributed by atoms with Gasteiger partial charge in [0.2, 0.25) is 5.91 Å². The zero-order valence-electron chi connectivity index (χ0n) is 12.0. The van der Waals surface area contributed by atoms with Crippen molar-refractivity contribution in [2.24, 2.45) is 0 Å². The van der Waals surface area contributed by atoms with Crippen LogP contribution in [-0.4, -0.2) is 35.2 Å². The van der Waals surface area contributed by atoms with E-state index in [-0.39, 0.29) is 5.91 Å². The van der Waals surface area contributed by atoms with Crippen molar-refractivity contribution in [2.45, 2.75) is 70.4 Å². The lowest BCUT2D eigenvalue weighted by molar-refractivity contribution is -0.127. The van der Waals surface area contributed by atoms with Crippen LogP contribution in [0.1, 0.15) is 59.3 Å². The summed E-state index contributed by atoms with van der Waals surface area (Å²) in [4.78, 5) is 12.0. The van der Waals surface area contributed by atoms with E-state index in [1.807, 2.05) is 20.8 Å². The van der Waals surface area contributed by atoms with Crippen molar-refractivity contribution in [2.75, 3.05) is 13.1 Å². The molecule has 18 heavy (non-hydrogen) atoms. The van der Waals surface area contributed by atoms with Gasteiger partial charge in [0.1, 0.15) is 0 Å². The van der Waals surface area contributed by atoms with E-state index in [2.05, 4.69) is 10.6 Å². The third-order valence-corrected chi connectivity index (χ3v) is 3.80. The molecule has 0 saturated heterocycles. The first kappa shape index (κ1) is 15.4. The van der Waals surface area contributed by atoms with Gasteiger partial charge in [0.15, 0.2) is 0 Å². The molecule has 0 aromatic carbocycles. The van der Waals surface area contributed by atoms with Crippen LogP contribution in [0.5, 0.6) is 0 Å². The largest absolute Gasteiger partial charge is 0.388 e. The Labute approximate surface area is 111 Å². The van der Waals surface area contributed by atoms with Crippen LogP contribution < -0.4 is 10.6 Å². The molecule has 1 amide bonds. The van der Waals surface area contributed by atoms with Gasteiger partial charge in [-0.15, -0.1) is 0 Å².